The van der Waals surface area contributed by atoms with Gasteiger partial charge in [-0.15, -0.1) is 0 Å². The van der Waals surface area contributed by atoms with E-state index in [0.717, 1.165) is 28.2 Å². The van der Waals surface area contributed by atoms with Crippen LogP contribution in [0.2, 0.25) is 0 Å². The van der Waals surface area contributed by atoms with E-state index in [1.54, 1.807) is 14.2 Å². The van der Waals surface area contributed by atoms with Gasteiger partial charge in [0.1, 0.15) is 11.9 Å². The summed E-state index contributed by atoms with van der Waals surface area (Å²) in [5.41, 5.74) is 2.90. The van der Waals surface area contributed by atoms with E-state index in [1.807, 2.05) is 42.9 Å². The Morgan fingerprint density at radius 3 is 2.07 bits per heavy atom. The van der Waals surface area contributed by atoms with Gasteiger partial charge in [0.2, 0.25) is 0 Å². The second-order valence-corrected chi connectivity index (χ2v) is 7.99. The minimum Gasteiger partial charge on any atom is -0.497 e. The van der Waals surface area contributed by atoms with Gasteiger partial charge in [-0.1, -0.05) is 12.1 Å². The molecule has 0 N–H and O–H groups in total. The Kier molecular flexibility index (Phi) is 5.14. The number of aromatic nitrogens is 2. The molecule has 0 radical (unpaired) electrons. The monoisotopic (exact) mass is 372 g/mol. The first kappa shape index (κ1) is 19.9. The minimum absolute atomic E-state index is 0.329. The maximum Gasteiger partial charge on any atom is 0.498 e. The molecule has 27 heavy (non-hydrogen) atoms. The molecule has 1 atom stereocenters. The molecule has 1 aliphatic rings. The molecule has 146 valence electrons. The van der Waals surface area contributed by atoms with E-state index in [9.17, 15) is 0 Å². The molecule has 0 amide bonds. The lowest BCUT2D eigenvalue weighted by Gasteiger charge is -2.32. The van der Waals surface area contributed by atoms with Crippen molar-refractivity contribution < 1.29 is 18.8 Å². The fourth-order valence-electron chi connectivity index (χ4n) is 3.28. The molecule has 1 fully saturated rings. The second-order valence-electron chi connectivity index (χ2n) is 7.99. The molecule has 2 heterocycles. The van der Waals surface area contributed by atoms with Crippen LogP contribution in [0.25, 0.3) is 0 Å². The van der Waals surface area contributed by atoms with Crippen molar-refractivity contribution in [3.8, 4) is 5.75 Å². The molecule has 0 aliphatic carbocycles. The summed E-state index contributed by atoms with van der Waals surface area (Å²) in [7, 11) is 4.78. The summed E-state index contributed by atoms with van der Waals surface area (Å²) in [6.07, 6.45) is -0.329. The van der Waals surface area contributed by atoms with E-state index < -0.39 is 18.3 Å². The van der Waals surface area contributed by atoms with Gasteiger partial charge in [-0.2, -0.15) is 5.10 Å². The van der Waals surface area contributed by atoms with Crippen LogP contribution in [0, 0.1) is 6.92 Å². The predicted octanol–water partition coefficient (Wildman–Crippen LogP) is 2.77. The molecule has 1 aromatic carbocycles. The molecular weight excluding hydrogens is 343 g/mol. The maximum atomic E-state index is 6.30. The van der Waals surface area contributed by atoms with Gasteiger partial charge >= 0.3 is 7.12 Å². The van der Waals surface area contributed by atoms with Crippen molar-refractivity contribution in [2.75, 3.05) is 14.2 Å². The Morgan fingerprint density at radius 2 is 1.59 bits per heavy atom. The summed E-state index contributed by atoms with van der Waals surface area (Å²) in [5, 5.41) is 4.74. The molecule has 0 bridgehead atoms. The molecule has 6 nitrogen and oxygen atoms in total. The number of nitrogens with zero attached hydrogens (tertiary/aromatic N) is 2. The van der Waals surface area contributed by atoms with Gasteiger partial charge in [-0.25, -0.2) is 0 Å². The number of benzene rings is 1. The van der Waals surface area contributed by atoms with E-state index in [0.29, 0.717) is 0 Å². The van der Waals surface area contributed by atoms with Crippen molar-refractivity contribution >= 4 is 12.6 Å². The highest BCUT2D eigenvalue weighted by atomic mass is 16.7. The molecule has 2 aromatic rings. The normalized spacial score (nSPS) is 19.3. The van der Waals surface area contributed by atoms with Crippen LogP contribution in [0.15, 0.2) is 24.3 Å². The maximum absolute atomic E-state index is 6.30. The highest BCUT2D eigenvalue weighted by molar-refractivity contribution is 6.63. The summed E-state index contributed by atoms with van der Waals surface area (Å²) >= 11 is 0. The van der Waals surface area contributed by atoms with Gasteiger partial charge in [-0.05, 0) is 52.3 Å². The van der Waals surface area contributed by atoms with E-state index in [4.69, 9.17) is 23.9 Å². The molecule has 0 saturated carbocycles. The van der Waals surface area contributed by atoms with E-state index in [2.05, 4.69) is 27.7 Å². The quantitative estimate of drug-likeness (QED) is 0.756. The second kappa shape index (κ2) is 6.97. The van der Waals surface area contributed by atoms with Crippen molar-refractivity contribution in [3.63, 3.8) is 0 Å². The fourth-order valence-corrected chi connectivity index (χ4v) is 3.28. The van der Waals surface area contributed by atoms with Gasteiger partial charge in [-0.3, -0.25) is 4.68 Å². The first-order chi connectivity index (χ1) is 12.6. The molecule has 0 spiro atoms. The Hall–Kier alpha value is -1.83. The van der Waals surface area contributed by atoms with E-state index in [1.165, 1.54) is 0 Å². The largest absolute Gasteiger partial charge is 0.498 e. The first-order valence-electron chi connectivity index (χ1n) is 9.17. The van der Waals surface area contributed by atoms with Crippen LogP contribution in [-0.2, 0) is 21.1 Å². The van der Waals surface area contributed by atoms with Crippen molar-refractivity contribution in [3.05, 3.63) is 41.2 Å². The first-order valence-corrected chi connectivity index (χ1v) is 9.17. The van der Waals surface area contributed by atoms with Crippen LogP contribution in [0.3, 0.4) is 0 Å². The molecule has 1 aliphatic heterocycles. The number of methoxy groups -OCH3 is 2. The lowest BCUT2D eigenvalue weighted by molar-refractivity contribution is 0.00578. The van der Waals surface area contributed by atoms with Gasteiger partial charge in [0.25, 0.3) is 0 Å². The predicted molar refractivity (Wildman–Crippen MR) is 106 cm³/mol. The van der Waals surface area contributed by atoms with Crippen LogP contribution in [-0.4, -0.2) is 42.3 Å². The standard InChI is InChI=1S/C20H29BN2O4/c1-13-16(21-26-19(2,3)20(4,5)27-21)17(22-23(13)6)18(25-8)14-9-11-15(24-7)12-10-14/h9-12,18H,1-8H3. The van der Waals surface area contributed by atoms with Crippen LogP contribution in [0.5, 0.6) is 5.75 Å². The number of aryl methyl sites for hydroxylation is 1. The summed E-state index contributed by atoms with van der Waals surface area (Å²) in [5.74, 6) is 0.803. The molecule has 1 saturated heterocycles. The zero-order valence-electron chi connectivity index (χ0n) is 17.5. The molecule has 1 unspecified atom stereocenters. The van der Waals surface area contributed by atoms with Crippen molar-refractivity contribution in [1.29, 1.82) is 0 Å². The highest BCUT2D eigenvalue weighted by Crippen LogP contribution is 2.37. The average Bonchev–Trinajstić information content (AvgIpc) is 3.01. The average molecular weight is 372 g/mol. The zero-order valence-corrected chi connectivity index (χ0v) is 17.5. The Labute approximate surface area is 161 Å². The van der Waals surface area contributed by atoms with Crippen LogP contribution in [0.1, 0.15) is 50.8 Å². The molecule has 1 aromatic heterocycles. The summed E-state index contributed by atoms with van der Waals surface area (Å²) in [4.78, 5) is 0. The SMILES string of the molecule is COc1ccc(C(OC)c2nn(C)c(C)c2B2OC(C)(C)C(C)(C)O2)cc1. The summed E-state index contributed by atoms with van der Waals surface area (Å²) in [6.45, 7) is 10.2. The third kappa shape index (κ3) is 3.39. The van der Waals surface area contributed by atoms with Gasteiger partial charge in [0.05, 0.1) is 24.0 Å². The van der Waals surface area contributed by atoms with Gasteiger partial charge in [0.15, 0.2) is 0 Å². The molecular formula is C20H29BN2O4. The van der Waals surface area contributed by atoms with Crippen molar-refractivity contribution in [2.45, 2.75) is 51.9 Å². The van der Waals surface area contributed by atoms with Crippen LogP contribution < -0.4 is 10.2 Å². The van der Waals surface area contributed by atoms with Gasteiger partial charge in [0, 0.05) is 25.3 Å². The minimum atomic E-state index is -0.491. The Bertz CT molecular complexity index is 798. The van der Waals surface area contributed by atoms with E-state index in [-0.39, 0.29) is 6.10 Å². The number of hydrogen-bond donors (Lipinski definition) is 0. The van der Waals surface area contributed by atoms with Crippen LogP contribution >= 0.6 is 0 Å². The Balaban J connectivity index is 2.04. The molecule has 3 rings (SSSR count). The highest BCUT2D eigenvalue weighted by Gasteiger charge is 2.53. The lowest BCUT2D eigenvalue weighted by Crippen LogP contribution is -2.41. The lowest BCUT2D eigenvalue weighted by atomic mass is 9.75. The summed E-state index contributed by atoms with van der Waals surface area (Å²) < 4.78 is 25.6. The van der Waals surface area contributed by atoms with Crippen molar-refractivity contribution in [1.82, 2.24) is 9.78 Å². The smallest absolute Gasteiger partial charge is 0.497 e. The van der Waals surface area contributed by atoms with Crippen molar-refractivity contribution in [2.24, 2.45) is 7.05 Å². The molecule has 7 heteroatoms. The van der Waals surface area contributed by atoms with E-state index >= 15 is 0 Å². The van der Waals surface area contributed by atoms with Gasteiger partial charge < -0.3 is 18.8 Å². The number of ether oxygens (including phenoxy) is 2. The summed E-state index contributed by atoms with van der Waals surface area (Å²) in [6, 6.07) is 7.83. The third-order valence-electron chi connectivity index (χ3n) is 5.80. The fraction of sp³-hybridized carbons (Fsp3) is 0.550. The topological polar surface area (TPSA) is 54.7 Å². The Morgan fingerprint density at radius 1 is 1.04 bits per heavy atom. The number of hydrogen-bond acceptors (Lipinski definition) is 5. The zero-order chi connectivity index (χ0) is 20.0. The third-order valence-corrected chi connectivity index (χ3v) is 5.80. The number of rotatable bonds is 5. The van der Waals surface area contributed by atoms with Crippen LogP contribution in [0.4, 0.5) is 0 Å².